The van der Waals surface area contributed by atoms with E-state index in [2.05, 4.69) is 0 Å². The summed E-state index contributed by atoms with van der Waals surface area (Å²) >= 11 is 5.60. The largest absolute Gasteiger partial charge is 0.324 e. The molecule has 1 aromatic rings. The fraction of sp³-hybridized carbons (Fsp3) is 0.250. The van der Waals surface area contributed by atoms with Gasteiger partial charge in [-0.25, -0.2) is 4.39 Å². The minimum absolute atomic E-state index is 0. The summed E-state index contributed by atoms with van der Waals surface area (Å²) in [4.78, 5) is 0. The Hall–Kier alpha value is -0.310. The number of hydrogen-bond donors (Lipinski definition) is 1. The first-order valence-corrected chi connectivity index (χ1v) is 3.69. The molecule has 0 fully saturated rings. The average Bonchev–Trinajstić information content (AvgIpc) is 1.85. The molecule has 0 saturated carbocycles. The smallest absolute Gasteiger partial charge is 0.125 e. The van der Waals surface area contributed by atoms with E-state index in [1.807, 2.05) is 0 Å². The summed E-state index contributed by atoms with van der Waals surface area (Å²) in [5, 5.41) is 0.386. The van der Waals surface area contributed by atoms with Crippen LogP contribution >= 0.6 is 24.0 Å². The van der Waals surface area contributed by atoms with Crippen LogP contribution in [0.3, 0.4) is 0 Å². The van der Waals surface area contributed by atoms with E-state index in [-0.39, 0.29) is 24.3 Å². The first kappa shape index (κ1) is 11.7. The zero-order valence-corrected chi connectivity index (χ0v) is 8.12. The molecule has 1 nitrogen and oxygen atoms in total. The maximum absolute atomic E-state index is 12.6. The van der Waals surface area contributed by atoms with Crippen molar-refractivity contribution in [1.29, 1.82) is 0 Å². The van der Waals surface area contributed by atoms with Crippen LogP contribution in [0.5, 0.6) is 0 Å². The van der Waals surface area contributed by atoms with E-state index in [1.54, 1.807) is 13.0 Å². The molecule has 0 amide bonds. The highest BCUT2D eigenvalue weighted by Gasteiger charge is 2.02. The van der Waals surface area contributed by atoms with E-state index in [4.69, 9.17) is 17.3 Å². The molecule has 1 atom stereocenters. The third kappa shape index (κ3) is 2.97. The summed E-state index contributed by atoms with van der Waals surface area (Å²) in [5.74, 6) is -0.343. The van der Waals surface area contributed by atoms with Crippen LogP contribution in [0.4, 0.5) is 4.39 Å². The van der Waals surface area contributed by atoms with Gasteiger partial charge in [0, 0.05) is 11.1 Å². The van der Waals surface area contributed by atoms with E-state index >= 15 is 0 Å². The van der Waals surface area contributed by atoms with Crippen molar-refractivity contribution in [1.82, 2.24) is 0 Å². The first-order chi connectivity index (χ1) is 5.09. The molecule has 0 aliphatic rings. The molecule has 0 heterocycles. The number of halogens is 3. The van der Waals surface area contributed by atoms with E-state index in [9.17, 15) is 4.39 Å². The Morgan fingerprint density at radius 1 is 1.42 bits per heavy atom. The van der Waals surface area contributed by atoms with Gasteiger partial charge in [0.2, 0.25) is 0 Å². The number of nitrogens with two attached hydrogens (primary N) is 1. The molecular formula is C8H10Cl2FN. The predicted octanol–water partition coefficient (Wildman–Crippen LogP) is 2.92. The molecule has 12 heavy (non-hydrogen) atoms. The first-order valence-electron chi connectivity index (χ1n) is 3.31. The average molecular weight is 210 g/mol. The molecule has 2 N–H and O–H groups in total. The van der Waals surface area contributed by atoms with Gasteiger partial charge in [-0.15, -0.1) is 12.4 Å². The van der Waals surface area contributed by atoms with Gasteiger partial charge in [0.15, 0.2) is 0 Å². The van der Waals surface area contributed by atoms with Gasteiger partial charge in [0.05, 0.1) is 0 Å². The van der Waals surface area contributed by atoms with Gasteiger partial charge in [0.1, 0.15) is 5.82 Å². The molecule has 0 aliphatic carbocycles. The molecule has 1 rings (SSSR count). The second-order valence-corrected chi connectivity index (χ2v) is 2.93. The van der Waals surface area contributed by atoms with Gasteiger partial charge in [-0.1, -0.05) is 11.6 Å². The van der Waals surface area contributed by atoms with E-state index in [1.165, 1.54) is 12.1 Å². The third-order valence-corrected chi connectivity index (χ3v) is 1.63. The lowest BCUT2D eigenvalue weighted by atomic mass is 10.1. The second-order valence-electron chi connectivity index (χ2n) is 2.49. The Morgan fingerprint density at radius 2 is 2.00 bits per heavy atom. The predicted molar refractivity (Wildman–Crippen MR) is 51.3 cm³/mol. The Bertz CT molecular complexity index is 243. The maximum atomic E-state index is 12.6. The van der Waals surface area contributed by atoms with Crippen LogP contribution in [0.15, 0.2) is 18.2 Å². The van der Waals surface area contributed by atoms with E-state index in [0.717, 1.165) is 5.56 Å². The molecule has 4 heteroatoms. The van der Waals surface area contributed by atoms with Crippen LogP contribution in [0.25, 0.3) is 0 Å². The van der Waals surface area contributed by atoms with E-state index in [0.29, 0.717) is 5.02 Å². The standard InChI is InChI=1S/C8H9ClFN.ClH/c1-5(11)6-2-7(9)4-8(10)3-6;/h2-5H,11H2,1H3;1H. The van der Waals surface area contributed by atoms with Crippen molar-refractivity contribution in [2.75, 3.05) is 0 Å². The zero-order chi connectivity index (χ0) is 8.43. The monoisotopic (exact) mass is 209 g/mol. The van der Waals surface area contributed by atoms with Crippen LogP contribution in [-0.2, 0) is 0 Å². The summed E-state index contributed by atoms with van der Waals surface area (Å²) < 4.78 is 12.6. The molecule has 1 aromatic carbocycles. The molecule has 0 saturated heterocycles. The maximum Gasteiger partial charge on any atom is 0.125 e. The normalized spacial score (nSPS) is 12.0. The molecule has 0 radical (unpaired) electrons. The van der Waals surface area contributed by atoms with Crippen LogP contribution < -0.4 is 5.73 Å². The summed E-state index contributed by atoms with van der Waals surface area (Å²) in [6.45, 7) is 1.78. The van der Waals surface area contributed by atoms with Crippen molar-refractivity contribution in [2.45, 2.75) is 13.0 Å². The van der Waals surface area contributed by atoms with Crippen molar-refractivity contribution < 1.29 is 4.39 Å². The van der Waals surface area contributed by atoms with Crippen LogP contribution in [0, 0.1) is 5.82 Å². The third-order valence-electron chi connectivity index (χ3n) is 1.41. The molecule has 0 spiro atoms. The molecule has 68 valence electrons. The SMILES string of the molecule is CC(N)c1cc(F)cc(Cl)c1.Cl. The molecule has 0 aliphatic heterocycles. The minimum Gasteiger partial charge on any atom is -0.324 e. The Balaban J connectivity index is 0.00000121. The Kier molecular flexibility index (Phi) is 4.53. The fourth-order valence-corrected chi connectivity index (χ4v) is 1.07. The summed E-state index contributed by atoms with van der Waals surface area (Å²) in [5.41, 5.74) is 6.24. The molecule has 0 bridgehead atoms. The van der Waals surface area contributed by atoms with Gasteiger partial charge in [-0.2, -0.15) is 0 Å². The van der Waals surface area contributed by atoms with Crippen molar-refractivity contribution in [3.63, 3.8) is 0 Å². The van der Waals surface area contributed by atoms with Crippen LogP contribution in [-0.4, -0.2) is 0 Å². The van der Waals surface area contributed by atoms with Gasteiger partial charge in [0.25, 0.3) is 0 Å². The highest BCUT2D eigenvalue weighted by molar-refractivity contribution is 6.30. The van der Waals surface area contributed by atoms with Crippen molar-refractivity contribution in [3.05, 3.63) is 34.6 Å². The van der Waals surface area contributed by atoms with Gasteiger partial charge >= 0.3 is 0 Å². The summed E-state index contributed by atoms with van der Waals surface area (Å²) in [6.07, 6.45) is 0. The van der Waals surface area contributed by atoms with Crippen molar-refractivity contribution in [3.8, 4) is 0 Å². The fourth-order valence-electron chi connectivity index (χ4n) is 0.838. The van der Waals surface area contributed by atoms with Crippen LogP contribution in [0.2, 0.25) is 5.02 Å². The summed E-state index contributed by atoms with van der Waals surface area (Å²) in [7, 11) is 0. The quantitative estimate of drug-likeness (QED) is 0.757. The molecular weight excluding hydrogens is 200 g/mol. The number of rotatable bonds is 1. The summed E-state index contributed by atoms with van der Waals surface area (Å²) in [6, 6.07) is 4.13. The lowest BCUT2D eigenvalue weighted by molar-refractivity contribution is 0.622. The lowest BCUT2D eigenvalue weighted by Gasteiger charge is -2.05. The van der Waals surface area contributed by atoms with Gasteiger partial charge in [-0.3, -0.25) is 0 Å². The van der Waals surface area contributed by atoms with Crippen LogP contribution in [0.1, 0.15) is 18.5 Å². The topological polar surface area (TPSA) is 26.0 Å². The zero-order valence-electron chi connectivity index (χ0n) is 6.55. The van der Waals surface area contributed by atoms with E-state index < -0.39 is 0 Å². The van der Waals surface area contributed by atoms with Gasteiger partial charge < -0.3 is 5.73 Å². The molecule has 1 unspecified atom stereocenters. The highest BCUT2D eigenvalue weighted by Crippen LogP contribution is 2.17. The van der Waals surface area contributed by atoms with Crippen molar-refractivity contribution in [2.24, 2.45) is 5.73 Å². The second kappa shape index (κ2) is 4.65. The minimum atomic E-state index is -0.343. The number of benzene rings is 1. The highest BCUT2D eigenvalue weighted by atomic mass is 35.5. The van der Waals surface area contributed by atoms with Gasteiger partial charge in [-0.05, 0) is 30.7 Å². The Labute approximate surface area is 82.1 Å². The van der Waals surface area contributed by atoms with Crippen molar-refractivity contribution >= 4 is 24.0 Å². The lowest BCUT2D eigenvalue weighted by Crippen LogP contribution is -2.04. The number of hydrogen-bond acceptors (Lipinski definition) is 1. The molecule has 0 aromatic heterocycles. The Morgan fingerprint density at radius 3 is 2.42 bits per heavy atom.